The molecule has 1 atom stereocenters. The molecule has 0 spiro atoms. The molecule has 4 heteroatoms. The SMILES string of the molecule is CCCNC(C)c1ccccc1NC(=O)c1coc(C)c1. The first-order valence-electron chi connectivity index (χ1n) is 7.30. The summed E-state index contributed by atoms with van der Waals surface area (Å²) in [6, 6.07) is 9.78. The second-order valence-electron chi connectivity index (χ2n) is 5.16. The third-order valence-electron chi connectivity index (χ3n) is 3.37. The normalized spacial score (nSPS) is 12.1. The van der Waals surface area contributed by atoms with Gasteiger partial charge in [0.2, 0.25) is 0 Å². The van der Waals surface area contributed by atoms with Crippen molar-refractivity contribution in [3.63, 3.8) is 0 Å². The smallest absolute Gasteiger partial charge is 0.258 e. The minimum atomic E-state index is -0.151. The molecule has 0 radical (unpaired) electrons. The highest BCUT2D eigenvalue weighted by Gasteiger charge is 2.14. The van der Waals surface area contributed by atoms with Crippen LogP contribution in [0.15, 0.2) is 41.0 Å². The molecule has 0 bridgehead atoms. The molecule has 0 saturated heterocycles. The van der Waals surface area contributed by atoms with Gasteiger partial charge in [0.1, 0.15) is 12.0 Å². The van der Waals surface area contributed by atoms with Crippen molar-refractivity contribution >= 4 is 11.6 Å². The molecule has 2 rings (SSSR count). The molecule has 1 heterocycles. The van der Waals surface area contributed by atoms with Crippen LogP contribution in [0.2, 0.25) is 0 Å². The Kier molecular flexibility index (Phi) is 5.17. The molecule has 0 saturated carbocycles. The summed E-state index contributed by atoms with van der Waals surface area (Å²) in [5, 5.41) is 6.39. The number of carbonyl (C=O) groups excluding carboxylic acids is 1. The fraction of sp³-hybridized carbons (Fsp3) is 0.353. The number of nitrogens with one attached hydrogen (secondary N) is 2. The van der Waals surface area contributed by atoms with Crippen LogP contribution in [-0.2, 0) is 0 Å². The van der Waals surface area contributed by atoms with E-state index in [-0.39, 0.29) is 11.9 Å². The summed E-state index contributed by atoms with van der Waals surface area (Å²) in [6.45, 7) is 7.00. The predicted octanol–water partition coefficient (Wildman–Crippen LogP) is 3.90. The second kappa shape index (κ2) is 7.09. The van der Waals surface area contributed by atoms with Crippen LogP contribution in [0.5, 0.6) is 0 Å². The Bertz CT molecular complexity index is 604. The van der Waals surface area contributed by atoms with Crippen molar-refractivity contribution in [2.45, 2.75) is 33.2 Å². The highest BCUT2D eigenvalue weighted by atomic mass is 16.3. The van der Waals surface area contributed by atoms with Gasteiger partial charge in [-0.1, -0.05) is 25.1 Å². The van der Waals surface area contributed by atoms with Gasteiger partial charge in [0.15, 0.2) is 0 Å². The maximum Gasteiger partial charge on any atom is 0.258 e. The number of aryl methyl sites for hydroxylation is 1. The molecule has 2 aromatic rings. The monoisotopic (exact) mass is 286 g/mol. The summed E-state index contributed by atoms with van der Waals surface area (Å²) in [6.07, 6.45) is 2.55. The Morgan fingerprint density at radius 1 is 1.33 bits per heavy atom. The van der Waals surface area contributed by atoms with Gasteiger partial charge in [-0.2, -0.15) is 0 Å². The number of benzene rings is 1. The van der Waals surface area contributed by atoms with E-state index in [0.29, 0.717) is 5.56 Å². The first-order valence-corrected chi connectivity index (χ1v) is 7.30. The average Bonchev–Trinajstić information content (AvgIpc) is 2.92. The van der Waals surface area contributed by atoms with Gasteiger partial charge in [-0.15, -0.1) is 0 Å². The molecule has 0 aliphatic carbocycles. The van der Waals surface area contributed by atoms with Crippen LogP contribution in [0, 0.1) is 6.92 Å². The summed E-state index contributed by atoms with van der Waals surface area (Å²) < 4.78 is 5.18. The summed E-state index contributed by atoms with van der Waals surface area (Å²) in [4.78, 5) is 12.2. The van der Waals surface area contributed by atoms with E-state index in [9.17, 15) is 4.79 Å². The molecular weight excluding hydrogens is 264 g/mol. The van der Waals surface area contributed by atoms with E-state index in [1.165, 1.54) is 6.26 Å². The molecule has 2 N–H and O–H groups in total. The van der Waals surface area contributed by atoms with Gasteiger partial charge in [0.25, 0.3) is 5.91 Å². The number of amides is 1. The van der Waals surface area contributed by atoms with Crippen LogP contribution in [0.4, 0.5) is 5.69 Å². The first kappa shape index (κ1) is 15.3. The number of hydrogen-bond donors (Lipinski definition) is 2. The van der Waals surface area contributed by atoms with Crippen molar-refractivity contribution in [1.82, 2.24) is 5.32 Å². The largest absolute Gasteiger partial charge is 0.469 e. The van der Waals surface area contributed by atoms with E-state index in [1.54, 1.807) is 6.07 Å². The number of carbonyl (C=O) groups is 1. The maximum absolute atomic E-state index is 12.2. The fourth-order valence-electron chi connectivity index (χ4n) is 2.22. The lowest BCUT2D eigenvalue weighted by Crippen LogP contribution is -2.21. The average molecular weight is 286 g/mol. The number of hydrogen-bond acceptors (Lipinski definition) is 3. The van der Waals surface area contributed by atoms with E-state index in [2.05, 4.69) is 24.5 Å². The third kappa shape index (κ3) is 3.95. The zero-order valence-electron chi connectivity index (χ0n) is 12.8. The Morgan fingerprint density at radius 3 is 2.76 bits per heavy atom. The van der Waals surface area contributed by atoms with E-state index in [0.717, 1.165) is 30.0 Å². The standard InChI is InChI=1S/C17H22N2O2/c1-4-9-18-13(3)15-7-5-6-8-16(15)19-17(20)14-10-12(2)21-11-14/h5-8,10-11,13,18H,4,9H2,1-3H3,(H,19,20). The molecule has 21 heavy (non-hydrogen) atoms. The highest BCUT2D eigenvalue weighted by Crippen LogP contribution is 2.23. The third-order valence-corrected chi connectivity index (χ3v) is 3.37. The van der Waals surface area contributed by atoms with Gasteiger partial charge < -0.3 is 15.1 Å². The second-order valence-corrected chi connectivity index (χ2v) is 5.16. The highest BCUT2D eigenvalue weighted by molar-refractivity contribution is 6.04. The number of anilines is 1. The summed E-state index contributed by atoms with van der Waals surface area (Å²) >= 11 is 0. The Balaban J connectivity index is 2.14. The minimum Gasteiger partial charge on any atom is -0.469 e. The van der Waals surface area contributed by atoms with Gasteiger partial charge >= 0.3 is 0 Å². The first-order chi connectivity index (χ1) is 10.1. The fourth-order valence-corrected chi connectivity index (χ4v) is 2.22. The van der Waals surface area contributed by atoms with Crippen LogP contribution in [0.1, 0.15) is 48.0 Å². The van der Waals surface area contributed by atoms with Gasteiger partial charge in [0, 0.05) is 11.7 Å². The molecule has 0 aliphatic rings. The Morgan fingerprint density at radius 2 is 2.10 bits per heavy atom. The Hall–Kier alpha value is -2.07. The number of rotatable bonds is 6. The van der Waals surface area contributed by atoms with Crippen molar-refractivity contribution in [1.29, 1.82) is 0 Å². The van der Waals surface area contributed by atoms with Crippen LogP contribution in [0.3, 0.4) is 0 Å². The molecule has 1 amide bonds. The van der Waals surface area contributed by atoms with Gasteiger partial charge in [0.05, 0.1) is 5.56 Å². The van der Waals surface area contributed by atoms with Crippen molar-refractivity contribution in [3.8, 4) is 0 Å². The van der Waals surface area contributed by atoms with E-state index < -0.39 is 0 Å². The van der Waals surface area contributed by atoms with Gasteiger partial charge in [-0.3, -0.25) is 4.79 Å². The van der Waals surface area contributed by atoms with Crippen molar-refractivity contribution in [2.24, 2.45) is 0 Å². The van der Waals surface area contributed by atoms with E-state index in [1.807, 2.05) is 31.2 Å². The van der Waals surface area contributed by atoms with Gasteiger partial charge in [-0.05, 0) is 44.5 Å². The molecule has 112 valence electrons. The number of para-hydroxylation sites is 1. The molecule has 0 aliphatic heterocycles. The lowest BCUT2D eigenvalue weighted by molar-refractivity contribution is 0.102. The van der Waals surface area contributed by atoms with Crippen LogP contribution in [0.25, 0.3) is 0 Å². The summed E-state index contributed by atoms with van der Waals surface area (Å²) in [7, 11) is 0. The minimum absolute atomic E-state index is 0.151. The molecular formula is C17H22N2O2. The van der Waals surface area contributed by atoms with Crippen molar-refractivity contribution < 1.29 is 9.21 Å². The van der Waals surface area contributed by atoms with Crippen LogP contribution < -0.4 is 10.6 Å². The topological polar surface area (TPSA) is 54.3 Å². The van der Waals surface area contributed by atoms with Crippen molar-refractivity contribution in [2.75, 3.05) is 11.9 Å². The molecule has 1 aromatic carbocycles. The predicted molar refractivity (Wildman–Crippen MR) is 84.5 cm³/mol. The van der Waals surface area contributed by atoms with E-state index in [4.69, 9.17) is 4.42 Å². The van der Waals surface area contributed by atoms with Gasteiger partial charge in [-0.25, -0.2) is 0 Å². The quantitative estimate of drug-likeness (QED) is 0.846. The summed E-state index contributed by atoms with van der Waals surface area (Å²) in [5.74, 6) is 0.577. The maximum atomic E-state index is 12.2. The molecule has 1 unspecified atom stereocenters. The molecule has 4 nitrogen and oxygen atoms in total. The zero-order chi connectivity index (χ0) is 15.2. The van der Waals surface area contributed by atoms with Crippen LogP contribution >= 0.6 is 0 Å². The lowest BCUT2D eigenvalue weighted by Gasteiger charge is -2.18. The molecule has 1 aromatic heterocycles. The Labute approximate surface area is 125 Å². The lowest BCUT2D eigenvalue weighted by atomic mass is 10.1. The molecule has 0 fully saturated rings. The van der Waals surface area contributed by atoms with Crippen LogP contribution in [-0.4, -0.2) is 12.5 Å². The zero-order valence-corrected chi connectivity index (χ0v) is 12.8. The summed E-state index contributed by atoms with van der Waals surface area (Å²) in [5.41, 5.74) is 2.45. The number of furan rings is 1. The van der Waals surface area contributed by atoms with E-state index >= 15 is 0 Å². The van der Waals surface area contributed by atoms with Crippen molar-refractivity contribution in [3.05, 3.63) is 53.5 Å².